The number of aliphatic hydroxyl groups is 1. The van der Waals surface area contributed by atoms with E-state index in [0.717, 1.165) is 18.1 Å². The largest absolute Gasteiger partial charge is 0.497 e. The molecule has 0 radical (unpaired) electrons. The van der Waals surface area contributed by atoms with Crippen LogP contribution in [0.25, 0.3) is 0 Å². The molecule has 0 unspecified atom stereocenters. The minimum Gasteiger partial charge on any atom is -0.497 e. The first kappa shape index (κ1) is 32.5. The molecule has 1 heterocycles. The van der Waals surface area contributed by atoms with E-state index in [1.54, 1.807) is 29.6 Å². The molecule has 0 aromatic heterocycles. The Kier molecular flexibility index (Phi) is 11.2. The lowest BCUT2D eigenvalue weighted by Crippen LogP contribution is -2.48. The van der Waals surface area contributed by atoms with Crippen LogP contribution >= 0.6 is 10.8 Å². The van der Waals surface area contributed by atoms with Crippen molar-refractivity contribution in [3.05, 3.63) is 89.0 Å². The van der Waals surface area contributed by atoms with Gasteiger partial charge in [0, 0.05) is 43.5 Å². The number of ether oxygens (including phenoxy) is 1. The van der Waals surface area contributed by atoms with Gasteiger partial charge in [-0.2, -0.15) is 0 Å². The summed E-state index contributed by atoms with van der Waals surface area (Å²) >= 11 is 0. The van der Waals surface area contributed by atoms with Gasteiger partial charge in [-0.05, 0) is 79.8 Å². The molecule has 43 heavy (non-hydrogen) atoms. The predicted molar refractivity (Wildman–Crippen MR) is 167 cm³/mol. The fourth-order valence-electron chi connectivity index (χ4n) is 5.10. The predicted octanol–water partition coefficient (Wildman–Crippen LogP) is 5.16. The maximum Gasteiger partial charge on any atom is 0.251 e. The molecule has 4 rings (SSSR count). The topological polar surface area (TPSA) is 126 Å². The van der Waals surface area contributed by atoms with Crippen LogP contribution in [0, 0.1) is 11.6 Å². The van der Waals surface area contributed by atoms with Gasteiger partial charge in [0.05, 0.1) is 30.7 Å². The van der Waals surface area contributed by atoms with E-state index in [2.05, 4.69) is 16.0 Å². The van der Waals surface area contributed by atoms with Gasteiger partial charge in [-0.25, -0.2) is 8.78 Å². The highest BCUT2D eigenvalue weighted by Crippen LogP contribution is 2.50. The zero-order valence-electron chi connectivity index (χ0n) is 24.4. The van der Waals surface area contributed by atoms with Crippen molar-refractivity contribution >= 4 is 28.1 Å². The molecular formula is C31H40F2N4O5S. The van der Waals surface area contributed by atoms with Gasteiger partial charge in [0.2, 0.25) is 0 Å². The molecule has 234 valence electrons. The summed E-state index contributed by atoms with van der Waals surface area (Å²) in [5.74, 6) is -1.09. The van der Waals surface area contributed by atoms with Gasteiger partial charge in [0.25, 0.3) is 5.91 Å². The summed E-state index contributed by atoms with van der Waals surface area (Å²) in [6, 6.07) is 14.6. The molecule has 0 aliphatic carbocycles. The molecule has 3 aromatic carbocycles. The summed E-state index contributed by atoms with van der Waals surface area (Å²) < 4.78 is 56.2. The zero-order valence-corrected chi connectivity index (χ0v) is 25.2. The second-order valence-electron chi connectivity index (χ2n) is 10.6. The molecule has 1 fully saturated rings. The molecule has 1 aliphatic rings. The Morgan fingerprint density at radius 1 is 1.05 bits per heavy atom. The lowest BCUT2D eigenvalue weighted by atomic mass is 9.99. The van der Waals surface area contributed by atoms with E-state index in [0.29, 0.717) is 43.2 Å². The number of aliphatic hydroxyl groups excluding tert-OH is 1. The Labute approximate surface area is 252 Å². The molecule has 1 amide bonds. The Bertz CT molecular complexity index is 1380. The lowest BCUT2D eigenvalue weighted by Gasteiger charge is -2.47. The summed E-state index contributed by atoms with van der Waals surface area (Å²) in [6.07, 6.45) is 0.329. The first-order valence-corrected chi connectivity index (χ1v) is 16.0. The van der Waals surface area contributed by atoms with Crippen LogP contribution in [0.2, 0.25) is 0 Å². The third-order valence-corrected chi connectivity index (χ3v) is 9.14. The first-order chi connectivity index (χ1) is 20.6. The third-order valence-electron chi connectivity index (χ3n) is 7.21. The second kappa shape index (κ2) is 14.8. The first-order valence-electron chi connectivity index (χ1n) is 14.3. The van der Waals surface area contributed by atoms with Gasteiger partial charge in [0.1, 0.15) is 17.4 Å². The summed E-state index contributed by atoms with van der Waals surface area (Å²) in [5, 5.41) is 20.4. The van der Waals surface area contributed by atoms with E-state index >= 15 is 0 Å². The monoisotopic (exact) mass is 618 g/mol. The highest BCUT2D eigenvalue weighted by molar-refractivity contribution is 8.25. The van der Waals surface area contributed by atoms with Crippen molar-refractivity contribution in [2.45, 2.75) is 44.9 Å². The zero-order chi connectivity index (χ0) is 31.0. The van der Waals surface area contributed by atoms with Crippen molar-refractivity contribution in [2.24, 2.45) is 0 Å². The molecule has 3 aromatic rings. The van der Waals surface area contributed by atoms with Crippen molar-refractivity contribution in [1.29, 1.82) is 0 Å². The summed E-state index contributed by atoms with van der Waals surface area (Å²) in [6.45, 7) is 3.41. The number of anilines is 2. The summed E-state index contributed by atoms with van der Waals surface area (Å²) in [5.41, 5.74) is 2.55. The van der Waals surface area contributed by atoms with Crippen LogP contribution in [-0.4, -0.2) is 64.8 Å². The number of amides is 1. The fourth-order valence-corrected chi connectivity index (χ4v) is 6.78. The van der Waals surface area contributed by atoms with E-state index < -0.39 is 40.5 Å². The van der Waals surface area contributed by atoms with Gasteiger partial charge in [-0.1, -0.05) is 12.1 Å². The Morgan fingerprint density at radius 2 is 1.81 bits per heavy atom. The molecule has 0 saturated carbocycles. The molecule has 6 N–H and O–H groups in total. The molecule has 9 nitrogen and oxygen atoms in total. The van der Waals surface area contributed by atoms with Crippen molar-refractivity contribution in [3.8, 4) is 5.75 Å². The normalized spacial score (nSPS) is 16.7. The third kappa shape index (κ3) is 9.04. The van der Waals surface area contributed by atoms with Gasteiger partial charge >= 0.3 is 0 Å². The van der Waals surface area contributed by atoms with E-state index in [1.807, 2.05) is 31.2 Å². The smallest absolute Gasteiger partial charge is 0.251 e. The standard InChI is InChI=1S/C31H40F2N4O5S/c1-3-35-26-15-23(16-27(18-26)37-9-4-5-10-43(37,40)41)31(39)36-29(14-22-11-24(32)17-25(33)12-22)30(38)20-34-19-21-7-6-8-28(13-21)42-2/h6-8,11-13,15-18,29-30,34-35,38,40-41H,3-5,9-10,14,19-20H2,1-2H3,(H,36,39)/t29-,30+/m0/s1. The minimum absolute atomic E-state index is 0.0329. The van der Waals surface area contributed by atoms with Crippen LogP contribution in [0.15, 0.2) is 60.7 Å². The van der Waals surface area contributed by atoms with Crippen LogP contribution in [-0.2, 0) is 13.0 Å². The average Bonchev–Trinajstić information content (AvgIpc) is 2.96. The quantitative estimate of drug-likeness (QED) is 0.155. The van der Waals surface area contributed by atoms with Crippen molar-refractivity contribution < 1.29 is 32.5 Å². The SMILES string of the molecule is CCNc1cc(C(=O)N[C@@H](Cc2cc(F)cc(F)c2)[C@H](O)CNCc2cccc(OC)c2)cc(N2CCCCS2(O)O)c1. The van der Waals surface area contributed by atoms with Gasteiger partial charge < -0.3 is 25.8 Å². The minimum atomic E-state index is -3.03. The molecule has 0 bridgehead atoms. The van der Waals surface area contributed by atoms with E-state index in [-0.39, 0.29) is 29.8 Å². The number of nitrogens with zero attached hydrogens (tertiary/aromatic N) is 1. The number of rotatable bonds is 13. The Balaban J connectivity index is 1.56. The molecule has 1 saturated heterocycles. The Hall–Kier alpha value is -3.42. The van der Waals surface area contributed by atoms with Crippen LogP contribution in [0.4, 0.5) is 20.2 Å². The number of methoxy groups -OCH3 is 1. The van der Waals surface area contributed by atoms with Gasteiger partial charge in [-0.15, -0.1) is 10.8 Å². The molecule has 1 aliphatic heterocycles. The van der Waals surface area contributed by atoms with Gasteiger partial charge in [-0.3, -0.25) is 18.2 Å². The second-order valence-corrected chi connectivity index (χ2v) is 12.7. The van der Waals surface area contributed by atoms with Crippen LogP contribution in [0.3, 0.4) is 0 Å². The number of hydrogen-bond donors (Lipinski definition) is 6. The molecule has 12 heteroatoms. The van der Waals surface area contributed by atoms with Crippen molar-refractivity contribution in [1.82, 2.24) is 10.6 Å². The van der Waals surface area contributed by atoms with Crippen LogP contribution < -0.4 is 25.0 Å². The number of carbonyl (C=O) groups is 1. The summed E-state index contributed by atoms with van der Waals surface area (Å²) in [4.78, 5) is 13.6. The number of halogens is 2. The Morgan fingerprint density at radius 3 is 2.51 bits per heavy atom. The van der Waals surface area contributed by atoms with Crippen LogP contribution in [0.1, 0.15) is 41.3 Å². The van der Waals surface area contributed by atoms with Crippen molar-refractivity contribution in [3.63, 3.8) is 0 Å². The maximum atomic E-state index is 14.0. The molecule has 2 atom stereocenters. The average molecular weight is 619 g/mol. The van der Waals surface area contributed by atoms with E-state index in [9.17, 15) is 27.8 Å². The number of carbonyl (C=O) groups excluding carboxylic acids is 1. The fraction of sp³-hybridized carbons (Fsp3) is 0.387. The number of benzene rings is 3. The molecular weight excluding hydrogens is 578 g/mol. The number of nitrogens with one attached hydrogen (secondary N) is 3. The van der Waals surface area contributed by atoms with E-state index in [4.69, 9.17) is 4.74 Å². The lowest BCUT2D eigenvalue weighted by molar-refractivity contribution is 0.0830. The highest BCUT2D eigenvalue weighted by atomic mass is 32.3. The van der Waals surface area contributed by atoms with Crippen molar-refractivity contribution in [2.75, 3.05) is 42.1 Å². The molecule has 0 spiro atoms. The number of hydrogen-bond acceptors (Lipinski definition) is 8. The maximum absolute atomic E-state index is 14.0. The van der Waals surface area contributed by atoms with Gasteiger partial charge in [0.15, 0.2) is 0 Å². The highest BCUT2D eigenvalue weighted by Gasteiger charge is 2.29. The van der Waals surface area contributed by atoms with E-state index in [1.165, 1.54) is 12.1 Å². The summed E-state index contributed by atoms with van der Waals surface area (Å²) in [7, 11) is -1.45. The van der Waals surface area contributed by atoms with Crippen LogP contribution in [0.5, 0.6) is 5.75 Å².